The van der Waals surface area contributed by atoms with Crippen LogP contribution in [0.2, 0.25) is 0 Å². The van der Waals surface area contributed by atoms with Crippen LogP contribution in [0.15, 0.2) is 82.2 Å². The van der Waals surface area contributed by atoms with Gasteiger partial charge < -0.3 is 9.52 Å². The Labute approximate surface area is 269 Å². The summed E-state index contributed by atoms with van der Waals surface area (Å²) in [5, 5.41) is 11.3. The zero-order valence-corrected chi connectivity index (χ0v) is 28.8. The number of aromatic nitrogens is 1. The molecule has 0 spiro atoms. The second-order valence-electron chi connectivity index (χ2n) is 15.7. The largest absolute Gasteiger partial charge is 0.507 e. The number of phenolic OH excluding ortho intramolecular Hbond substituents is 1. The van der Waals surface area contributed by atoms with Crippen LogP contribution in [0, 0.1) is 0 Å². The molecular weight excluding hydrogens is 552 g/mol. The second-order valence-corrected chi connectivity index (χ2v) is 15.7. The maximum Gasteiger partial charge on any atom is 0.229 e. The van der Waals surface area contributed by atoms with Crippen LogP contribution in [-0.4, -0.2) is 16.3 Å². The third-order valence-electron chi connectivity index (χ3n) is 8.52. The van der Waals surface area contributed by atoms with Gasteiger partial charge >= 0.3 is 0 Å². The molecule has 1 aromatic heterocycles. The van der Waals surface area contributed by atoms with E-state index in [4.69, 9.17) is 14.4 Å². The van der Waals surface area contributed by atoms with Gasteiger partial charge in [-0.3, -0.25) is 4.99 Å². The number of aliphatic imine (C=N–C) groups is 1. The molecule has 4 heteroatoms. The van der Waals surface area contributed by atoms with Gasteiger partial charge in [-0.05, 0) is 74.7 Å². The monoisotopic (exact) mass is 600 g/mol. The molecule has 45 heavy (non-hydrogen) atoms. The SMILES string of the molecule is CC(C)c1cccc(-c2cc(C(C)(C)C)cc3oc(-c4ccccc4N=Cc4cc(C(C)(C)C)cc(C(C)(C)C)c4O)nc23)c1. The van der Waals surface area contributed by atoms with E-state index in [0.717, 1.165) is 44.6 Å². The molecule has 0 aliphatic carbocycles. The molecule has 0 atom stereocenters. The minimum absolute atomic E-state index is 0.0662. The highest BCUT2D eigenvalue weighted by molar-refractivity contribution is 5.94. The predicted octanol–water partition coefficient (Wildman–Crippen LogP) is 11.6. The Bertz CT molecular complexity index is 1890. The van der Waals surface area contributed by atoms with Crippen molar-refractivity contribution in [3.8, 4) is 28.3 Å². The van der Waals surface area contributed by atoms with Crippen LogP contribution in [0.5, 0.6) is 5.75 Å². The van der Waals surface area contributed by atoms with E-state index in [2.05, 4.69) is 119 Å². The first-order valence-electron chi connectivity index (χ1n) is 16.0. The lowest BCUT2D eigenvalue weighted by Crippen LogP contribution is -2.17. The number of para-hydroxylation sites is 1. The summed E-state index contributed by atoms with van der Waals surface area (Å²) in [6.45, 7) is 24.0. The number of oxazole rings is 1. The number of phenols is 1. The lowest BCUT2D eigenvalue weighted by Gasteiger charge is -2.27. The van der Waals surface area contributed by atoms with Gasteiger partial charge in [-0.25, -0.2) is 4.98 Å². The standard InChI is InChI=1S/C41H48N2O2/c1-25(2)26-15-14-16-27(19-26)32-21-30(40(6,7)8)23-35-36(32)43-38(45-35)31-17-12-13-18-34(31)42-24-28-20-29(39(3,4)5)22-33(37(28)44)41(9,10)11/h12-25,44H,1-11H3. The molecule has 0 saturated carbocycles. The lowest BCUT2D eigenvalue weighted by molar-refractivity contribution is 0.444. The highest BCUT2D eigenvalue weighted by Crippen LogP contribution is 2.40. The number of nitrogens with zero attached hydrogens (tertiary/aromatic N) is 2. The molecule has 1 N–H and O–H groups in total. The molecule has 0 bridgehead atoms. The van der Waals surface area contributed by atoms with Crippen LogP contribution in [0.3, 0.4) is 0 Å². The summed E-state index contributed by atoms with van der Waals surface area (Å²) in [6, 6.07) is 25.2. The maximum absolute atomic E-state index is 11.3. The molecule has 0 saturated heterocycles. The normalized spacial score (nSPS) is 13.0. The fraction of sp³-hybridized carbons (Fsp3) is 0.366. The average molecular weight is 601 g/mol. The van der Waals surface area contributed by atoms with E-state index in [9.17, 15) is 5.11 Å². The molecule has 0 fully saturated rings. The quantitative estimate of drug-likeness (QED) is 0.204. The summed E-state index contributed by atoms with van der Waals surface area (Å²) in [5.74, 6) is 1.21. The maximum atomic E-state index is 11.3. The van der Waals surface area contributed by atoms with E-state index in [1.165, 1.54) is 11.1 Å². The Hall–Kier alpha value is -4.18. The summed E-state index contributed by atoms with van der Waals surface area (Å²) in [5.41, 5.74) is 10.2. The van der Waals surface area contributed by atoms with Gasteiger partial charge in [-0.2, -0.15) is 0 Å². The molecule has 0 aliphatic rings. The van der Waals surface area contributed by atoms with Crippen LogP contribution in [0.1, 0.15) is 110 Å². The average Bonchev–Trinajstić information content (AvgIpc) is 3.39. The highest BCUT2D eigenvalue weighted by atomic mass is 16.3. The van der Waals surface area contributed by atoms with Gasteiger partial charge in [0.15, 0.2) is 5.58 Å². The van der Waals surface area contributed by atoms with Crippen LogP contribution in [-0.2, 0) is 16.2 Å². The third kappa shape index (κ3) is 6.76. The minimum atomic E-state index is -0.220. The first-order valence-corrected chi connectivity index (χ1v) is 16.0. The Morgan fingerprint density at radius 2 is 1.40 bits per heavy atom. The van der Waals surface area contributed by atoms with E-state index in [-0.39, 0.29) is 22.0 Å². The molecule has 4 aromatic carbocycles. The van der Waals surface area contributed by atoms with E-state index in [0.29, 0.717) is 17.4 Å². The van der Waals surface area contributed by atoms with Crippen LogP contribution >= 0.6 is 0 Å². The summed E-state index contributed by atoms with van der Waals surface area (Å²) in [6.07, 6.45) is 1.77. The molecular formula is C41H48N2O2. The van der Waals surface area contributed by atoms with Crippen molar-refractivity contribution in [2.75, 3.05) is 0 Å². The number of benzene rings is 4. The van der Waals surface area contributed by atoms with E-state index < -0.39 is 0 Å². The van der Waals surface area contributed by atoms with Gasteiger partial charge in [0.05, 0.1) is 11.3 Å². The molecule has 4 nitrogen and oxygen atoms in total. The van der Waals surface area contributed by atoms with E-state index in [1.54, 1.807) is 6.21 Å². The van der Waals surface area contributed by atoms with Crippen molar-refractivity contribution in [3.05, 3.63) is 101 Å². The molecule has 234 valence electrons. The van der Waals surface area contributed by atoms with Gasteiger partial charge in [-0.1, -0.05) is 119 Å². The zero-order chi connectivity index (χ0) is 32.9. The van der Waals surface area contributed by atoms with Gasteiger partial charge in [0.1, 0.15) is 11.3 Å². The highest BCUT2D eigenvalue weighted by Gasteiger charge is 2.25. The molecule has 0 radical (unpaired) electrons. The smallest absolute Gasteiger partial charge is 0.229 e. The number of hydrogen-bond acceptors (Lipinski definition) is 4. The molecule has 5 rings (SSSR count). The fourth-order valence-corrected chi connectivity index (χ4v) is 5.53. The van der Waals surface area contributed by atoms with Crippen LogP contribution in [0.25, 0.3) is 33.7 Å². The third-order valence-corrected chi connectivity index (χ3v) is 8.52. The first kappa shape index (κ1) is 32.2. The number of rotatable bonds is 5. The van der Waals surface area contributed by atoms with Crippen molar-refractivity contribution in [2.24, 2.45) is 4.99 Å². The van der Waals surface area contributed by atoms with Crippen molar-refractivity contribution < 1.29 is 9.52 Å². The van der Waals surface area contributed by atoms with Crippen LogP contribution in [0.4, 0.5) is 5.69 Å². The van der Waals surface area contributed by atoms with Crippen molar-refractivity contribution in [3.63, 3.8) is 0 Å². The lowest BCUT2D eigenvalue weighted by atomic mass is 9.79. The summed E-state index contributed by atoms with van der Waals surface area (Å²) in [4.78, 5) is 10.0. The Kier molecular flexibility index (Phi) is 8.33. The summed E-state index contributed by atoms with van der Waals surface area (Å²) < 4.78 is 6.54. The van der Waals surface area contributed by atoms with Gasteiger partial charge in [0, 0.05) is 22.9 Å². The van der Waals surface area contributed by atoms with Gasteiger partial charge in [0.25, 0.3) is 0 Å². The molecule has 1 heterocycles. The van der Waals surface area contributed by atoms with Gasteiger partial charge in [0.2, 0.25) is 5.89 Å². The van der Waals surface area contributed by atoms with Crippen molar-refractivity contribution in [1.29, 1.82) is 0 Å². The van der Waals surface area contributed by atoms with Crippen molar-refractivity contribution in [1.82, 2.24) is 4.98 Å². The van der Waals surface area contributed by atoms with E-state index >= 15 is 0 Å². The summed E-state index contributed by atoms with van der Waals surface area (Å²) >= 11 is 0. The molecule has 0 aliphatic heterocycles. The number of aromatic hydroxyl groups is 1. The topological polar surface area (TPSA) is 58.6 Å². The van der Waals surface area contributed by atoms with Gasteiger partial charge in [-0.15, -0.1) is 0 Å². The first-order chi connectivity index (χ1) is 20.9. The minimum Gasteiger partial charge on any atom is -0.507 e. The molecule has 0 amide bonds. The molecule has 0 unspecified atom stereocenters. The fourth-order valence-electron chi connectivity index (χ4n) is 5.53. The van der Waals surface area contributed by atoms with Crippen LogP contribution < -0.4 is 0 Å². The predicted molar refractivity (Wildman–Crippen MR) is 190 cm³/mol. The van der Waals surface area contributed by atoms with E-state index in [1.807, 2.05) is 30.3 Å². The number of fused-ring (bicyclic) bond motifs is 1. The molecule has 5 aromatic rings. The Morgan fingerprint density at radius 3 is 2.04 bits per heavy atom. The van der Waals surface area contributed by atoms with Crippen molar-refractivity contribution in [2.45, 2.75) is 98.3 Å². The second kappa shape index (κ2) is 11.6. The Morgan fingerprint density at radius 1 is 0.733 bits per heavy atom. The zero-order valence-electron chi connectivity index (χ0n) is 28.8. The summed E-state index contributed by atoms with van der Waals surface area (Å²) in [7, 11) is 0. The number of hydrogen-bond donors (Lipinski definition) is 1. The van der Waals surface area contributed by atoms with Crippen molar-refractivity contribution >= 4 is 23.0 Å². The Balaban J connectivity index is 1.66.